The Morgan fingerprint density at radius 1 is 1.05 bits per heavy atom. The first kappa shape index (κ1) is 29.9. The number of nitrogens with zero attached hydrogens (tertiary/aromatic N) is 2. The molecule has 0 saturated heterocycles. The zero-order chi connectivity index (χ0) is 29.3. The lowest BCUT2D eigenvalue weighted by Gasteiger charge is -2.28. The summed E-state index contributed by atoms with van der Waals surface area (Å²) in [7, 11) is -3.90. The molecule has 0 saturated carbocycles. The van der Waals surface area contributed by atoms with E-state index in [2.05, 4.69) is 9.99 Å². The first-order valence-electron chi connectivity index (χ1n) is 11.5. The van der Waals surface area contributed by atoms with Crippen LogP contribution in [0.1, 0.15) is 26.3 Å². The van der Waals surface area contributed by atoms with Crippen molar-refractivity contribution in [1.82, 2.24) is 0 Å². The number of esters is 1. The second-order valence-electron chi connectivity index (χ2n) is 8.10. The zero-order valence-corrected chi connectivity index (χ0v) is 21.6. The van der Waals surface area contributed by atoms with E-state index in [0.29, 0.717) is 6.21 Å². The molecule has 0 amide bonds. The lowest BCUT2D eigenvalue weighted by Crippen LogP contribution is -2.44. The number of benzene rings is 3. The lowest BCUT2D eigenvalue weighted by molar-refractivity contribution is -0.387. The summed E-state index contributed by atoms with van der Waals surface area (Å²) in [6.45, 7) is 0. The van der Waals surface area contributed by atoms with Gasteiger partial charge in [0.25, 0.3) is 5.69 Å². The average molecular weight is 575 g/mol. The SMILES string of the molecule is CON=CC(F)C(OC(=O)c1ccccc1)C(Cc1ccccc1C(=O)O)OS(=O)(=O)c1ccccc1[N+](=O)[O-]. The maximum absolute atomic E-state index is 15.5. The summed E-state index contributed by atoms with van der Waals surface area (Å²) in [5.74, 6) is -2.42. The van der Waals surface area contributed by atoms with E-state index in [1.54, 1.807) is 6.07 Å². The fraction of sp³-hybridized carbons (Fsp3) is 0.192. The second-order valence-corrected chi connectivity index (χ2v) is 9.64. The molecule has 0 aliphatic carbocycles. The normalized spacial score (nSPS) is 13.8. The van der Waals surface area contributed by atoms with Gasteiger partial charge in [-0.3, -0.25) is 14.3 Å². The Balaban J connectivity index is 2.13. The number of carbonyl (C=O) groups excluding carboxylic acids is 1. The fourth-order valence-corrected chi connectivity index (χ4v) is 4.93. The first-order chi connectivity index (χ1) is 19.0. The minimum atomic E-state index is -5.01. The van der Waals surface area contributed by atoms with Crippen LogP contribution in [0.25, 0.3) is 0 Å². The fourth-order valence-electron chi connectivity index (χ4n) is 3.68. The monoisotopic (exact) mass is 574 g/mol. The van der Waals surface area contributed by atoms with Gasteiger partial charge in [0.1, 0.15) is 13.2 Å². The van der Waals surface area contributed by atoms with Crippen LogP contribution in [0.5, 0.6) is 0 Å². The quantitative estimate of drug-likeness (QED) is 0.104. The van der Waals surface area contributed by atoms with Crippen LogP contribution in [0.2, 0.25) is 0 Å². The topological polar surface area (TPSA) is 172 Å². The second kappa shape index (κ2) is 13.4. The van der Waals surface area contributed by atoms with Crippen molar-refractivity contribution in [2.45, 2.75) is 29.7 Å². The van der Waals surface area contributed by atoms with Crippen LogP contribution >= 0.6 is 0 Å². The molecule has 0 radical (unpaired) electrons. The van der Waals surface area contributed by atoms with E-state index in [1.165, 1.54) is 60.7 Å². The molecule has 0 spiro atoms. The number of carboxylic acid groups (broad SMARTS) is 1. The number of para-hydroxylation sites is 1. The number of nitro benzene ring substituents is 1. The number of ether oxygens (including phenoxy) is 1. The van der Waals surface area contributed by atoms with Crippen LogP contribution in [0.3, 0.4) is 0 Å². The summed E-state index contributed by atoms with van der Waals surface area (Å²) in [6.07, 6.45) is -6.28. The molecule has 0 heterocycles. The van der Waals surface area contributed by atoms with E-state index in [0.717, 1.165) is 19.2 Å². The highest BCUT2D eigenvalue weighted by Gasteiger charge is 2.39. The Kier molecular flexibility index (Phi) is 10.00. The lowest BCUT2D eigenvalue weighted by atomic mass is 9.97. The number of halogens is 1. The van der Waals surface area contributed by atoms with Crippen LogP contribution in [-0.2, 0) is 30.3 Å². The number of aromatic carboxylic acids is 1. The Morgan fingerprint density at radius 3 is 2.33 bits per heavy atom. The maximum atomic E-state index is 15.5. The van der Waals surface area contributed by atoms with Crippen molar-refractivity contribution in [2.24, 2.45) is 5.16 Å². The van der Waals surface area contributed by atoms with Crippen LogP contribution in [0.4, 0.5) is 10.1 Å². The molecule has 3 atom stereocenters. The van der Waals surface area contributed by atoms with E-state index in [9.17, 15) is 33.2 Å². The Morgan fingerprint density at radius 2 is 1.68 bits per heavy atom. The number of oxime groups is 1. The van der Waals surface area contributed by atoms with E-state index in [1.807, 2.05) is 0 Å². The highest BCUT2D eigenvalue weighted by molar-refractivity contribution is 7.87. The molecule has 0 aliphatic rings. The van der Waals surface area contributed by atoms with Gasteiger partial charge < -0.3 is 14.7 Å². The third-order valence-electron chi connectivity index (χ3n) is 5.49. The van der Waals surface area contributed by atoms with Gasteiger partial charge >= 0.3 is 22.1 Å². The van der Waals surface area contributed by atoms with Crippen molar-refractivity contribution in [3.05, 3.63) is 106 Å². The number of rotatable bonds is 13. The van der Waals surface area contributed by atoms with Gasteiger partial charge in [0.05, 0.1) is 22.3 Å². The largest absolute Gasteiger partial charge is 0.478 e. The first-order valence-corrected chi connectivity index (χ1v) is 12.9. The minimum absolute atomic E-state index is 0.00498. The minimum Gasteiger partial charge on any atom is -0.478 e. The van der Waals surface area contributed by atoms with Gasteiger partial charge in [-0.1, -0.05) is 53.7 Å². The van der Waals surface area contributed by atoms with Gasteiger partial charge in [0, 0.05) is 12.5 Å². The highest BCUT2D eigenvalue weighted by atomic mass is 32.2. The molecule has 0 aromatic heterocycles. The summed E-state index contributed by atoms with van der Waals surface area (Å²) >= 11 is 0. The summed E-state index contributed by atoms with van der Waals surface area (Å²) < 4.78 is 52.8. The van der Waals surface area contributed by atoms with Gasteiger partial charge in [-0.05, 0) is 29.8 Å². The standard InChI is InChI=1S/C26H23FN2O10S/c1-37-28-16-20(27)24(38-26(32)17-9-3-2-4-10-17)22(15-18-11-5-6-12-19(18)25(30)31)39-40(35,36)23-14-8-7-13-21(23)29(33)34/h2-14,16,20,22,24H,15H2,1H3,(H,30,31). The van der Waals surface area contributed by atoms with E-state index >= 15 is 4.39 Å². The molecular weight excluding hydrogens is 551 g/mol. The summed E-state index contributed by atoms with van der Waals surface area (Å²) in [4.78, 5) is 38.9. The van der Waals surface area contributed by atoms with Gasteiger partial charge in [0.2, 0.25) is 0 Å². The van der Waals surface area contributed by atoms with E-state index < -0.39 is 62.4 Å². The predicted octanol–water partition coefficient (Wildman–Crippen LogP) is 3.81. The molecular formula is C26H23FN2O10S. The van der Waals surface area contributed by atoms with Crippen molar-refractivity contribution in [3.63, 3.8) is 0 Å². The Bertz CT molecular complexity index is 1500. The van der Waals surface area contributed by atoms with Crippen molar-refractivity contribution >= 4 is 34.0 Å². The summed E-state index contributed by atoms with van der Waals surface area (Å²) in [5, 5.41) is 24.4. The molecule has 210 valence electrons. The molecule has 14 heteroatoms. The molecule has 3 rings (SSSR count). The van der Waals surface area contributed by atoms with Crippen molar-refractivity contribution in [3.8, 4) is 0 Å². The predicted molar refractivity (Wildman–Crippen MR) is 138 cm³/mol. The van der Waals surface area contributed by atoms with Crippen LogP contribution in [0.15, 0.2) is 88.9 Å². The smallest absolute Gasteiger partial charge is 0.338 e. The Hall–Kier alpha value is -4.69. The van der Waals surface area contributed by atoms with Gasteiger partial charge in [-0.2, -0.15) is 8.42 Å². The molecule has 12 nitrogen and oxygen atoms in total. The number of hydrogen-bond donors (Lipinski definition) is 1. The van der Waals surface area contributed by atoms with Gasteiger partial charge in [0.15, 0.2) is 17.2 Å². The van der Waals surface area contributed by atoms with Crippen molar-refractivity contribution < 1.29 is 46.2 Å². The van der Waals surface area contributed by atoms with Crippen molar-refractivity contribution in [1.29, 1.82) is 0 Å². The van der Waals surface area contributed by atoms with Crippen LogP contribution in [0, 0.1) is 10.1 Å². The zero-order valence-electron chi connectivity index (χ0n) is 20.8. The third-order valence-corrected chi connectivity index (χ3v) is 6.88. The third kappa shape index (κ3) is 7.45. The average Bonchev–Trinajstić information content (AvgIpc) is 2.94. The van der Waals surface area contributed by atoms with E-state index in [-0.39, 0.29) is 16.7 Å². The Labute approximate surface area is 227 Å². The molecule has 3 aromatic rings. The summed E-state index contributed by atoms with van der Waals surface area (Å²) in [6, 6.07) is 17.1. The molecule has 3 unspecified atom stereocenters. The number of nitro groups is 1. The number of alkyl halides is 1. The maximum Gasteiger partial charge on any atom is 0.338 e. The van der Waals surface area contributed by atoms with Crippen LogP contribution < -0.4 is 0 Å². The summed E-state index contributed by atoms with van der Waals surface area (Å²) in [5.41, 5.74) is -1.07. The number of carbonyl (C=O) groups is 2. The molecule has 0 fully saturated rings. The van der Waals surface area contributed by atoms with Gasteiger partial charge in [-0.25, -0.2) is 14.0 Å². The molecule has 1 N–H and O–H groups in total. The number of carboxylic acids is 1. The molecule has 3 aromatic carbocycles. The van der Waals surface area contributed by atoms with Gasteiger partial charge in [-0.15, -0.1) is 0 Å². The van der Waals surface area contributed by atoms with Crippen molar-refractivity contribution in [2.75, 3.05) is 7.11 Å². The van der Waals surface area contributed by atoms with E-state index in [4.69, 9.17) is 8.92 Å². The van der Waals surface area contributed by atoms with Crippen LogP contribution in [-0.4, -0.2) is 62.1 Å². The highest BCUT2D eigenvalue weighted by Crippen LogP contribution is 2.29. The molecule has 40 heavy (non-hydrogen) atoms. The number of hydrogen-bond acceptors (Lipinski definition) is 10. The molecule has 0 bridgehead atoms. The molecule has 0 aliphatic heterocycles.